The van der Waals surface area contributed by atoms with Gasteiger partial charge in [0, 0.05) is 40.9 Å². The molecule has 2 amide bonds. The van der Waals surface area contributed by atoms with Crippen LogP contribution in [0, 0.1) is 11.7 Å². The minimum absolute atomic E-state index is 0.0533. The Labute approximate surface area is 207 Å². The summed E-state index contributed by atoms with van der Waals surface area (Å²) in [7, 11) is 1.66. The smallest absolute Gasteiger partial charge is 0.273 e. The lowest BCUT2D eigenvalue weighted by Gasteiger charge is -2.34. The van der Waals surface area contributed by atoms with Crippen LogP contribution < -0.4 is 20.9 Å². The zero-order chi connectivity index (χ0) is 30.0. The Morgan fingerprint density at radius 3 is 2.71 bits per heavy atom. The second-order valence-electron chi connectivity index (χ2n) is 8.28. The van der Waals surface area contributed by atoms with E-state index in [1.807, 2.05) is 0 Å². The molecule has 3 atom stereocenters. The minimum atomic E-state index is -2.87. The summed E-state index contributed by atoms with van der Waals surface area (Å²) in [4.78, 5) is 27.3. The zero-order valence-electron chi connectivity index (χ0n) is 24.4. The van der Waals surface area contributed by atoms with Gasteiger partial charge in [-0.15, -0.1) is 10.2 Å². The van der Waals surface area contributed by atoms with Gasteiger partial charge in [-0.05, 0) is 25.5 Å². The van der Waals surface area contributed by atoms with Gasteiger partial charge >= 0.3 is 0 Å². The highest BCUT2D eigenvalue weighted by Gasteiger charge is 2.44. The molecule has 1 aliphatic carbocycles. The van der Waals surface area contributed by atoms with Gasteiger partial charge in [0.25, 0.3) is 5.91 Å². The number of benzene rings is 1. The van der Waals surface area contributed by atoms with Crippen LogP contribution in [0.5, 0.6) is 0 Å². The number of rotatable bonds is 5. The van der Waals surface area contributed by atoms with E-state index >= 15 is 0 Å². The molecule has 0 spiro atoms. The molecule has 0 radical (unpaired) electrons. The van der Waals surface area contributed by atoms with Crippen LogP contribution in [0.4, 0.5) is 31.7 Å². The summed E-state index contributed by atoms with van der Waals surface area (Å²) in [6.45, 7) is -3.81. The predicted octanol–water partition coefficient (Wildman–Crippen LogP) is 2.32. The van der Waals surface area contributed by atoms with E-state index in [9.17, 15) is 18.4 Å². The highest BCUT2D eigenvalue weighted by Crippen LogP contribution is 2.47. The molecule has 3 N–H and O–H groups in total. The van der Waals surface area contributed by atoms with Crippen molar-refractivity contribution in [2.24, 2.45) is 12.9 Å². The van der Waals surface area contributed by atoms with Crippen molar-refractivity contribution in [1.82, 2.24) is 30.5 Å². The van der Waals surface area contributed by atoms with Crippen LogP contribution in [-0.2, 0) is 11.8 Å². The summed E-state index contributed by atoms with van der Waals surface area (Å²) in [6, 6.07) is 2.91. The monoisotopic (exact) mass is 489 g/mol. The predicted molar refractivity (Wildman–Crippen MR) is 124 cm³/mol. The van der Waals surface area contributed by atoms with Gasteiger partial charge in [0.2, 0.25) is 5.91 Å². The number of carbonyl (C=O) groups excluding carboxylic acids is 2. The number of anilines is 4. The molecule has 0 bridgehead atoms. The van der Waals surface area contributed by atoms with Gasteiger partial charge in [-0.25, -0.2) is 8.78 Å². The molecule has 1 aliphatic heterocycles. The first-order chi connectivity index (χ1) is 19.0. The molecule has 1 aromatic carbocycles. The maximum Gasteiger partial charge on any atom is 0.273 e. The highest BCUT2D eigenvalue weighted by atomic mass is 19.1. The van der Waals surface area contributed by atoms with Crippen LogP contribution in [-0.4, -0.2) is 57.2 Å². The third-order valence-corrected chi connectivity index (χ3v) is 5.99. The second-order valence-corrected chi connectivity index (χ2v) is 8.28. The average molecular weight is 490 g/mol. The molecule has 2 aromatic heterocycles. The van der Waals surface area contributed by atoms with Gasteiger partial charge < -0.3 is 20.9 Å². The molecule has 5 rings (SSSR count). The van der Waals surface area contributed by atoms with Crippen molar-refractivity contribution < 1.29 is 26.6 Å². The number of nitrogens with one attached hydrogen (secondary N) is 3. The summed E-state index contributed by atoms with van der Waals surface area (Å²) < 4.78 is 73.4. The third kappa shape index (κ3) is 3.92. The molecule has 3 heterocycles. The van der Waals surface area contributed by atoms with E-state index in [2.05, 4.69) is 31.0 Å². The molecule has 13 heteroatoms. The quantitative estimate of drug-likeness (QED) is 0.498. The number of hydrogen-bond donors (Lipinski definition) is 3. The Balaban J connectivity index is 1.60. The van der Waals surface area contributed by atoms with Crippen LogP contribution in [0.25, 0.3) is 11.3 Å². The standard InChI is InChI=1S/C22H23F2N9O2/c1-9-17-18(31-33(4)30-17)12-5-10(23)6-15(20(12)32(9)3)26-14-8-16(27-21(34)11-7-13(11)24)28-29-19(14)22(35)25-2/h5-6,8-9,11,13H,7H2,1-4H3,(H,25,35)(H2,26,27,28,34)/t9-,11+,13+/m1/s1/i2D3,4D3. The van der Waals surface area contributed by atoms with Crippen molar-refractivity contribution in [2.75, 3.05) is 29.6 Å². The first-order valence-corrected chi connectivity index (χ1v) is 10.5. The number of aromatic nitrogens is 5. The second kappa shape index (κ2) is 8.25. The number of carbonyl (C=O) groups is 2. The van der Waals surface area contributed by atoms with Crippen molar-refractivity contribution in [3.05, 3.63) is 35.4 Å². The molecule has 182 valence electrons. The van der Waals surface area contributed by atoms with Crippen molar-refractivity contribution >= 4 is 34.7 Å². The molecule has 0 saturated heterocycles. The Bertz CT molecular complexity index is 1560. The van der Waals surface area contributed by atoms with Crippen LogP contribution in [0.15, 0.2) is 18.2 Å². The maximum atomic E-state index is 15.0. The lowest BCUT2D eigenvalue weighted by atomic mass is 9.96. The van der Waals surface area contributed by atoms with E-state index in [-0.39, 0.29) is 34.9 Å². The molecular formula is C22H23F2N9O2. The van der Waals surface area contributed by atoms with Gasteiger partial charge in [0.1, 0.15) is 23.4 Å². The summed E-state index contributed by atoms with van der Waals surface area (Å²) in [6.07, 6.45) is -1.23. The summed E-state index contributed by atoms with van der Waals surface area (Å²) >= 11 is 0. The van der Waals surface area contributed by atoms with Gasteiger partial charge in [-0.2, -0.15) is 15.0 Å². The number of nitrogens with zero attached hydrogens (tertiary/aromatic N) is 6. The number of halogens is 2. The van der Waals surface area contributed by atoms with Crippen LogP contribution in [0.2, 0.25) is 0 Å². The summed E-state index contributed by atoms with van der Waals surface area (Å²) in [5.74, 6) is -3.57. The first kappa shape index (κ1) is 16.5. The van der Waals surface area contributed by atoms with Crippen molar-refractivity contribution in [2.45, 2.75) is 25.6 Å². The first-order valence-electron chi connectivity index (χ1n) is 13.5. The van der Waals surface area contributed by atoms with E-state index < -0.39 is 55.4 Å². The van der Waals surface area contributed by atoms with Gasteiger partial charge in [-0.1, -0.05) is 0 Å². The highest BCUT2D eigenvalue weighted by molar-refractivity contribution is 6.01. The number of amides is 2. The molecule has 0 unspecified atom stereocenters. The van der Waals surface area contributed by atoms with Gasteiger partial charge in [-0.3, -0.25) is 9.59 Å². The SMILES string of the molecule is [2H]C([2H])([2H])NC(=O)c1nnc(NC(=O)[C@H]2C[C@@H]2F)cc1Nc1cc(F)cc2c1N(C)[C@H](C)c1nn(C([2H])([2H])[2H])nc1-2. The van der Waals surface area contributed by atoms with Crippen molar-refractivity contribution in [3.63, 3.8) is 0 Å². The van der Waals surface area contributed by atoms with Crippen molar-refractivity contribution in [3.8, 4) is 11.3 Å². The molecular weight excluding hydrogens is 460 g/mol. The fourth-order valence-corrected chi connectivity index (χ4v) is 4.00. The Hall–Kier alpha value is -4.16. The molecule has 1 saturated carbocycles. The third-order valence-electron chi connectivity index (χ3n) is 5.99. The average Bonchev–Trinajstić information content (AvgIpc) is 3.39. The summed E-state index contributed by atoms with van der Waals surface area (Å²) in [5.41, 5.74) is 0.408. The summed E-state index contributed by atoms with van der Waals surface area (Å²) in [5, 5.41) is 22.8. The topological polar surface area (TPSA) is 130 Å². The number of hydrogen-bond acceptors (Lipinski definition) is 8. The van der Waals surface area contributed by atoms with E-state index in [4.69, 9.17) is 8.22 Å². The Morgan fingerprint density at radius 1 is 1.20 bits per heavy atom. The van der Waals surface area contributed by atoms with Crippen LogP contribution >= 0.6 is 0 Å². The normalized spacial score (nSPS) is 23.3. The van der Waals surface area contributed by atoms with Crippen LogP contribution in [0.1, 0.15) is 43.8 Å². The molecule has 1 fully saturated rings. The van der Waals surface area contributed by atoms with Gasteiger partial charge in [0.15, 0.2) is 11.5 Å². The van der Waals surface area contributed by atoms with Crippen molar-refractivity contribution in [1.29, 1.82) is 0 Å². The molecule has 3 aromatic rings. The minimum Gasteiger partial charge on any atom is -0.364 e. The lowest BCUT2D eigenvalue weighted by Crippen LogP contribution is -2.27. The molecule has 11 nitrogen and oxygen atoms in total. The fraction of sp³-hybridized carbons (Fsp3) is 0.364. The largest absolute Gasteiger partial charge is 0.364 e. The Kier molecular flexibility index (Phi) is 3.88. The van der Waals surface area contributed by atoms with Crippen LogP contribution in [0.3, 0.4) is 0 Å². The van der Waals surface area contributed by atoms with E-state index in [0.717, 1.165) is 12.1 Å². The number of fused-ring (bicyclic) bond motifs is 3. The molecule has 2 aliphatic rings. The van der Waals surface area contributed by atoms with E-state index in [0.29, 0.717) is 16.2 Å². The zero-order valence-corrected chi connectivity index (χ0v) is 18.4. The molecule has 35 heavy (non-hydrogen) atoms. The lowest BCUT2D eigenvalue weighted by molar-refractivity contribution is -0.117. The fourth-order valence-electron chi connectivity index (χ4n) is 4.00. The number of aryl methyl sites for hydroxylation is 1. The van der Waals surface area contributed by atoms with E-state index in [1.54, 1.807) is 24.2 Å². The number of alkyl halides is 1. The van der Waals surface area contributed by atoms with E-state index in [1.165, 1.54) is 6.07 Å². The van der Waals surface area contributed by atoms with Gasteiger partial charge in [0.05, 0.1) is 29.0 Å². The maximum absolute atomic E-state index is 15.0. The Morgan fingerprint density at radius 2 is 2.00 bits per heavy atom.